The number of nitrogens with one attached hydrogen (secondary N) is 2. The van der Waals surface area contributed by atoms with Crippen molar-refractivity contribution in [2.24, 2.45) is 0 Å². The number of hydrogen-bond acceptors (Lipinski definition) is 3. The van der Waals surface area contributed by atoms with E-state index in [2.05, 4.69) is 27.4 Å². The fourth-order valence-electron chi connectivity index (χ4n) is 2.83. The van der Waals surface area contributed by atoms with E-state index in [9.17, 15) is 4.79 Å². The Balaban J connectivity index is 1.39. The van der Waals surface area contributed by atoms with Gasteiger partial charge in [0.2, 0.25) is 0 Å². The van der Waals surface area contributed by atoms with Gasteiger partial charge in [0.05, 0.1) is 6.20 Å². The molecule has 0 aliphatic rings. The van der Waals surface area contributed by atoms with Crippen LogP contribution in [0.25, 0.3) is 21.5 Å². The van der Waals surface area contributed by atoms with Crippen LogP contribution in [-0.2, 0) is 6.42 Å². The highest BCUT2D eigenvalue weighted by Crippen LogP contribution is 2.24. The van der Waals surface area contributed by atoms with Gasteiger partial charge < -0.3 is 10.3 Å². The van der Waals surface area contributed by atoms with Gasteiger partial charge in [-0.25, -0.2) is 4.98 Å². The summed E-state index contributed by atoms with van der Waals surface area (Å²) in [5.41, 5.74) is 3.37. The molecule has 4 aromatic rings. The summed E-state index contributed by atoms with van der Waals surface area (Å²) in [6.45, 7) is 0.596. The number of nitrogens with zero attached hydrogens (tertiary/aromatic N) is 1. The molecule has 2 N–H and O–H groups in total. The van der Waals surface area contributed by atoms with Crippen molar-refractivity contribution < 1.29 is 4.79 Å². The molecule has 0 radical (unpaired) electrons. The molecule has 1 amide bonds. The van der Waals surface area contributed by atoms with E-state index in [1.54, 1.807) is 6.20 Å². The van der Waals surface area contributed by atoms with Gasteiger partial charge in [-0.05, 0) is 18.1 Å². The first-order valence-electron chi connectivity index (χ1n) is 8.16. The highest BCUT2D eigenvalue weighted by molar-refractivity contribution is 7.16. The number of amides is 1. The molecule has 4 rings (SSSR count). The molecule has 25 heavy (non-hydrogen) atoms. The van der Waals surface area contributed by atoms with Gasteiger partial charge in [-0.2, -0.15) is 0 Å². The van der Waals surface area contributed by atoms with E-state index in [-0.39, 0.29) is 5.91 Å². The Labute approximate surface area is 149 Å². The summed E-state index contributed by atoms with van der Waals surface area (Å²) in [5, 5.41) is 5.06. The van der Waals surface area contributed by atoms with Crippen molar-refractivity contribution in [3.63, 3.8) is 0 Å². The van der Waals surface area contributed by atoms with Crippen molar-refractivity contribution in [2.45, 2.75) is 6.42 Å². The number of carbonyl (C=O) groups is 1. The summed E-state index contributed by atoms with van der Waals surface area (Å²) in [6.07, 6.45) is 4.45. The van der Waals surface area contributed by atoms with Crippen LogP contribution in [0.1, 0.15) is 15.2 Å². The molecule has 0 saturated carbocycles. The average molecular weight is 347 g/mol. The van der Waals surface area contributed by atoms with Crippen LogP contribution in [0.5, 0.6) is 0 Å². The van der Waals surface area contributed by atoms with E-state index >= 15 is 0 Å². The zero-order valence-corrected chi connectivity index (χ0v) is 14.3. The second kappa shape index (κ2) is 6.91. The van der Waals surface area contributed by atoms with Crippen LogP contribution >= 0.6 is 11.3 Å². The van der Waals surface area contributed by atoms with Gasteiger partial charge in [0.15, 0.2) is 0 Å². The summed E-state index contributed by atoms with van der Waals surface area (Å²) >= 11 is 1.42. The van der Waals surface area contributed by atoms with Gasteiger partial charge in [-0.1, -0.05) is 48.5 Å². The molecule has 4 nitrogen and oxygen atoms in total. The third-order valence-corrected chi connectivity index (χ3v) is 5.15. The monoisotopic (exact) mass is 347 g/mol. The molecule has 0 fully saturated rings. The Bertz CT molecular complexity index is 1000. The third kappa shape index (κ3) is 3.32. The van der Waals surface area contributed by atoms with Gasteiger partial charge >= 0.3 is 0 Å². The molecule has 0 aliphatic carbocycles. The number of aromatic nitrogens is 2. The molecule has 2 aromatic carbocycles. The first kappa shape index (κ1) is 15.6. The first-order valence-corrected chi connectivity index (χ1v) is 8.97. The van der Waals surface area contributed by atoms with Crippen molar-refractivity contribution in [1.29, 1.82) is 0 Å². The molecular formula is C20H17N3OS. The Morgan fingerprint density at radius 3 is 2.76 bits per heavy atom. The van der Waals surface area contributed by atoms with Crippen LogP contribution in [0.4, 0.5) is 0 Å². The largest absolute Gasteiger partial charge is 0.361 e. The molecule has 0 bridgehead atoms. The number of carbonyl (C=O) groups excluding carboxylic acids is 1. The number of benzene rings is 2. The van der Waals surface area contributed by atoms with Crippen LogP contribution in [0.2, 0.25) is 0 Å². The Kier molecular flexibility index (Phi) is 4.31. The molecule has 5 heteroatoms. The summed E-state index contributed by atoms with van der Waals surface area (Å²) in [6, 6.07) is 18.1. The van der Waals surface area contributed by atoms with Crippen LogP contribution in [0, 0.1) is 0 Å². The fraction of sp³-hybridized carbons (Fsp3) is 0.100. The summed E-state index contributed by atoms with van der Waals surface area (Å²) in [7, 11) is 0. The van der Waals surface area contributed by atoms with Crippen LogP contribution in [0.15, 0.2) is 67.0 Å². The highest BCUT2D eigenvalue weighted by atomic mass is 32.1. The third-order valence-electron chi connectivity index (χ3n) is 4.11. The molecular weight excluding hydrogens is 330 g/mol. The quantitative estimate of drug-likeness (QED) is 0.566. The number of rotatable bonds is 5. The lowest BCUT2D eigenvalue weighted by Crippen LogP contribution is -2.24. The molecule has 124 valence electrons. The van der Waals surface area contributed by atoms with E-state index < -0.39 is 0 Å². The zero-order valence-electron chi connectivity index (χ0n) is 13.5. The SMILES string of the molecule is O=C(NCCc1c[nH]c2ccccc12)c1cnc(-c2ccccc2)s1. The normalized spacial score (nSPS) is 10.9. The van der Waals surface area contributed by atoms with E-state index in [0.717, 1.165) is 22.5 Å². The zero-order chi connectivity index (χ0) is 17.1. The second-order valence-corrected chi connectivity index (χ2v) is 6.79. The van der Waals surface area contributed by atoms with E-state index in [1.165, 1.54) is 22.3 Å². The molecule has 0 saturated heterocycles. The molecule has 2 heterocycles. The average Bonchev–Trinajstić information content (AvgIpc) is 3.30. The van der Waals surface area contributed by atoms with E-state index in [0.29, 0.717) is 11.4 Å². The van der Waals surface area contributed by atoms with Crippen LogP contribution in [-0.4, -0.2) is 22.4 Å². The van der Waals surface area contributed by atoms with Crippen molar-refractivity contribution in [1.82, 2.24) is 15.3 Å². The molecule has 0 atom stereocenters. The Morgan fingerprint density at radius 1 is 1.08 bits per heavy atom. The summed E-state index contributed by atoms with van der Waals surface area (Å²) in [5.74, 6) is -0.0699. The number of thiazole rings is 1. The van der Waals surface area contributed by atoms with E-state index in [1.807, 2.05) is 48.7 Å². The van der Waals surface area contributed by atoms with Crippen LogP contribution < -0.4 is 5.32 Å². The van der Waals surface area contributed by atoms with Gasteiger partial charge in [-0.3, -0.25) is 4.79 Å². The minimum Gasteiger partial charge on any atom is -0.361 e. The first-order chi connectivity index (χ1) is 12.3. The van der Waals surface area contributed by atoms with Gasteiger partial charge in [-0.15, -0.1) is 11.3 Å². The van der Waals surface area contributed by atoms with Crippen molar-refractivity contribution in [3.05, 3.63) is 77.4 Å². The minimum atomic E-state index is -0.0699. The number of fused-ring (bicyclic) bond motifs is 1. The number of aromatic amines is 1. The number of hydrogen-bond donors (Lipinski definition) is 2. The highest BCUT2D eigenvalue weighted by Gasteiger charge is 2.11. The minimum absolute atomic E-state index is 0.0699. The smallest absolute Gasteiger partial charge is 0.263 e. The maximum absolute atomic E-state index is 12.3. The van der Waals surface area contributed by atoms with Crippen LogP contribution in [0.3, 0.4) is 0 Å². The maximum Gasteiger partial charge on any atom is 0.263 e. The number of para-hydroxylation sites is 1. The molecule has 0 spiro atoms. The van der Waals surface area contributed by atoms with Crippen molar-refractivity contribution >= 4 is 28.1 Å². The van der Waals surface area contributed by atoms with Gasteiger partial charge in [0.25, 0.3) is 5.91 Å². The van der Waals surface area contributed by atoms with Gasteiger partial charge in [0, 0.05) is 29.2 Å². The number of H-pyrrole nitrogens is 1. The lowest BCUT2D eigenvalue weighted by molar-refractivity contribution is 0.0958. The molecule has 2 aromatic heterocycles. The van der Waals surface area contributed by atoms with Crippen molar-refractivity contribution in [3.8, 4) is 10.6 Å². The lowest BCUT2D eigenvalue weighted by Gasteiger charge is -2.02. The fourth-order valence-corrected chi connectivity index (χ4v) is 3.67. The van der Waals surface area contributed by atoms with Crippen molar-refractivity contribution in [2.75, 3.05) is 6.54 Å². The van der Waals surface area contributed by atoms with E-state index in [4.69, 9.17) is 0 Å². The lowest BCUT2D eigenvalue weighted by atomic mass is 10.1. The molecule has 0 aliphatic heterocycles. The predicted octanol–water partition coefficient (Wildman–Crippen LogP) is 4.26. The Hall–Kier alpha value is -2.92. The maximum atomic E-state index is 12.3. The molecule has 0 unspecified atom stereocenters. The van der Waals surface area contributed by atoms with Gasteiger partial charge in [0.1, 0.15) is 9.88 Å². The summed E-state index contributed by atoms with van der Waals surface area (Å²) < 4.78 is 0. The Morgan fingerprint density at radius 2 is 1.88 bits per heavy atom. The standard InChI is InChI=1S/C20H17N3OS/c24-19(18-13-23-20(25-18)14-6-2-1-3-7-14)21-11-10-15-12-22-17-9-5-4-8-16(15)17/h1-9,12-13,22H,10-11H2,(H,21,24). The topological polar surface area (TPSA) is 57.8 Å². The predicted molar refractivity (Wildman–Crippen MR) is 102 cm³/mol. The summed E-state index contributed by atoms with van der Waals surface area (Å²) in [4.78, 5) is 20.6. The second-order valence-electron chi connectivity index (χ2n) is 5.76.